The molecule has 1 N–H and O–H groups in total. The van der Waals surface area contributed by atoms with Gasteiger partial charge in [-0.3, -0.25) is 0 Å². The molecule has 0 unspecified atom stereocenters. The first-order valence-corrected chi connectivity index (χ1v) is 7.28. The molecule has 0 bridgehead atoms. The van der Waals surface area contributed by atoms with E-state index in [4.69, 9.17) is 16.3 Å². The second kappa shape index (κ2) is 7.07. The molecule has 0 atom stereocenters. The maximum Gasteiger partial charge on any atom is 0.138 e. The predicted molar refractivity (Wildman–Crippen MR) is 82.6 cm³/mol. The van der Waals surface area contributed by atoms with Gasteiger partial charge in [0.1, 0.15) is 18.2 Å². The van der Waals surface area contributed by atoms with Gasteiger partial charge in [-0.1, -0.05) is 29.8 Å². The maximum atomic E-state index is 13.7. The van der Waals surface area contributed by atoms with Crippen molar-refractivity contribution in [2.45, 2.75) is 13.2 Å². The van der Waals surface area contributed by atoms with Crippen molar-refractivity contribution in [1.29, 1.82) is 0 Å². The molecule has 2 rings (SSSR count). The molecular weight excluding hydrogens is 345 g/mol. The summed E-state index contributed by atoms with van der Waals surface area (Å²) in [7, 11) is 1.86. The highest BCUT2D eigenvalue weighted by atomic mass is 79.9. The third-order valence-electron chi connectivity index (χ3n) is 2.84. The van der Waals surface area contributed by atoms with Gasteiger partial charge >= 0.3 is 0 Å². The molecule has 0 aliphatic carbocycles. The van der Waals surface area contributed by atoms with Gasteiger partial charge in [0.15, 0.2) is 0 Å². The monoisotopic (exact) mass is 357 g/mol. The maximum absolute atomic E-state index is 13.7. The van der Waals surface area contributed by atoms with Crippen LogP contribution in [-0.4, -0.2) is 7.05 Å². The smallest absolute Gasteiger partial charge is 0.138 e. The minimum Gasteiger partial charge on any atom is -0.487 e. The van der Waals surface area contributed by atoms with E-state index < -0.39 is 0 Å². The molecule has 0 spiro atoms. The number of para-hydroxylation sites is 1. The van der Waals surface area contributed by atoms with Crippen molar-refractivity contribution in [3.8, 4) is 5.75 Å². The van der Waals surface area contributed by atoms with Gasteiger partial charge in [-0.25, -0.2) is 4.39 Å². The number of rotatable bonds is 5. The molecule has 0 saturated carbocycles. The van der Waals surface area contributed by atoms with Gasteiger partial charge in [0.2, 0.25) is 0 Å². The Hall–Kier alpha value is -1.10. The van der Waals surface area contributed by atoms with E-state index >= 15 is 0 Å². The van der Waals surface area contributed by atoms with Crippen LogP contribution in [0.1, 0.15) is 11.1 Å². The summed E-state index contributed by atoms with van der Waals surface area (Å²) in [5, 5.41) is 3.44. The van der Waals surface area contributed by atoms with E-state index in [1.807, 2.05) is 25.2 Å². The minimum absolute atomic E-state index is 0.0881. The molecule has 2 nitrogen and oxygen atoms in total. The zero-order valence-corrected chi connectivity index (χ0v) is 13.3. The quantitative estimate of drug-likeness (QED) is 0.847. The van der Waals surface area contributed by atoms with Crippen LogP contribution in [0.5, 0.6) is 5.75 Å². The lowest BCUT2D eigenvalue weighted by molar-refractivity contribution is 0.294. The number of halogens is 3. The highest BCUT2D eigenvalue weighted by Gasteiger charge is 2.11. The molecule has 106 valence electrons. The van der Waals surface area contributed by atoms with Crippen LogP contribution in [0, 0.1) is 5.82 Å². The summed E-state index contributed by atoms with van der Waals surface area (Å²) >= 11 is 9.44. The molecule has 5 heteroatoms. The van der Waals surface area contributed by atoms with Crippen LogP contribution in [0.15, 0.2) is 40.9 Å². The lowest BCUT2D eigenvalue weighted by Gasteiger charge is -2.14. The van der Waals surface area contributed by atoms with Crippen LogP contribution in [0.4, 0.5) is 4.39 Å². The van der Waals surface area contributed by atoms with Gasteiger partial charge in [-0.2, -0.15) is 0 Å². The standard InChI is InChI=1S/C15H14BrClFNO/c1-19-8-10-4-2-5-12(16)15(10)20-9-11-13(17)6-3-7-14(11)18/h2-7,19H,8-9H2,1H3. The highest BCUT2D eigenvalue weighted by Crippen LogP contribution is 2.31. The van der Waals surface area contributed by atoms with E-state index in [1.54, 1.807) is 12.1 Å². The van der Waals surface area contributed by atoms with Crippen molar-refractivity contribution in [3.63, 3.8) is 0 Å². The number of hydrogen-bond acceptors (Lipinski definition) is 2. The van der Waals surface area contributed by atoms with Crippen molar-refractivity contribution >= 4 is 27.5 Å². The van der Waals surface area contributed by atoms with Crippen molar-refractivity contribution in [2.24, 2.45) is 0 Å². The van der Waals surface area contributed by atoms with Crippen LogP contribution in [0.2, 0.25) is 5.02 Å². The number of benzene rings is 2. The average Bonchev–Trinajstić information content (AvgIpc) is 2.41. The minimum atomic E-state index is -0.361. The summed E-state index contributed by atoms with van der Waals surface area (Å²) in [4.78, 5) is 0. The molecule has 0 aromatic heterocycles. The van der Waals surface area contributed by atoms with Gasteiger partial charge in [0.25, 0.3) is 0 Å². The lowest BCUT2D eigenvalue weighted by Crippen LogP contribution is -2.08. The Balaban J connectivity index is 2.23. The fourth-order valence-corrected chi connectivity index (χ4v) is 2.60. The Morgan fingerprint density at radius 3 is 2.70 bits per heavy atom. The second-order valence-electron chi connectivity index (χ2n) is 4.25. The van der Waals surface area contributed by atoms with Crippen molar-refractivity contribution in [3.05, 3.63) is 62.8 Å². The van der Waals surface area contributed by atoms with Crippen LogP contribution in [-0.2, 0) is 13.2 Å². The molecule has 2 aromatic carbocycles. The molecule has 0 aliphatic heterocycles. The van der Waals surface area contributed by atoms with E-state index in [2.05, 4.69) is 21.2 Å². The summed E-state index contributed by atoms with van der Waals surface area (Å²) < 4.78 is 20.3. The van der Waals surface area contributed by atoms with Crippen molar-refractivity contribution < 1.29 is 9.13 Å². The first-order valence-electron chi connectivity index (χ1n) is 6.11. The fourth-order valence-electron chi connectivity index (χ4n) is 1.86. The van der Waals surface area contributed by atoms with E-state index in [9.17, 15) is 4.39 Å². The summed E-state index contributed by atoms with van der Waals surface area (Å²) in [6, 6.07) is 10.4. The largest absolute Gasteiger partial charge is 0.487 e. The third-order valence-corrected chi connectivity index (χ3v) is 3.82. The lowest BCUT2D eigenvalue weighted by atomic mass is 10.2. The van der Waals surface area contributed by atoms with Crippen LogP contribution in [0.3, 0.4) is 0 Å². The topological polar surface area (TPSA) is 21.3 Å². The Kier molecular flexibility index (Phi) is 5.40. The van der Waals surface area contributed by atoms with Crippen LogP contribution < -0.4 is 10.1 Å². The highest BCUT2D eigenvalue weighted by molar-refractivity contribution is 9.10. The summed E-state index contributed by atoms with van der Waals surface area (Å²) in [6.45, 7) is 0.755. The van der Waals surface area contributed by atoms with Gasteiger partial charge < -0.3 is 10.1 Å². The van der Waals surface area contributed by atoms with Gasteiger partial charge in [0.05, 0.1) is 9.50 Å². The van der Waals surface area contributed by atoms with E-state index in [-0.39, 0.29) is 12.4 Å². The number of ether oxygens (including phenoxy) is 1. The third kappa shape index (κ3) is 3.51. The van der Waals surface area contributed by atoms with Gasteiger partial charge in [-0.15, -0.1) is 0 Å². The fraction of sp³-hybridized carbons (Fsp3) is 0.200. The van der Waals surface area contributed by atoms with Crippen molar-refractivity contribution in [2.75, 3.05) is 7.05 Å². The molecule has 0 saturated heterocycles. The SMILES string of the molecule is CNCc1cccc(Br)c1OCc1c(F)cccc1Cl. The molecule has 0 aliphatic rings. The van der Waals surface area contributed by atoms with E-state index in [0.29, 0.717) is 22.9 Å². The zero-order valence-electron chi connectivity index (χ0n) is 10.9. The Morgan fingerprint density at radius 1 is 1.25 bits per heavy atom. The summed E-state index contributed by atoms with van der Waals surface area (Å²) in [6.07, 6.45) is 0. The number of nitrogens with one attached hydrogen (secondary N) is 1. The normalized spacial score (nSPS) is 10.6. The van der Waals surface area contributed by atoms with Gasteiger partial charge in [-0.05, 0) is 41.2 Å². The van der Waals surface area contributed by atoms with Gasteiger partial charge in [0, 0.05) is 17.7 Å². The van der Waals surface area contributed by atoms with Crippen LogP contribution >= 0.6 is 27.5 Å². The Morgan fingerprint density at radius 2 is 2.00 bits per heavy atom. The first-order chi connectivity index (χ1) is 9.63. The first kappa shape index (κ1) is 15.3. The predicted octanol–water partition coefficient (Wildman–Crippen LogP) is 4.54. The van der Waals surface area contributed by atoms with E-state index in [1.165, 1.54) is 6.07 Å². The zero-order chi connectivity index (χ0) is 14.5. The molecule has 0 radical (unpaired) electrons. The summed E-state index contributed by atoms with van der Waals surface area (Å²) in [5.41, 5.74) is 1.36. The average molecular weight is 359 g/mol. The molecular formula is C15H14BrClFNO. The Labute approximate surface area is 131 Å². The molecule has 0 heterocycles. The molecule has 20 heavy (non-hydrogen) atoms. The Bertz CT molecular complexity index is 586. The summed E-state index contributed by atoms with van der Waals surface area (Å²) in [5.74, 6) is 0.334. The molecule has 2 aromatic rings. The second-order valence-corrected chi connectivity index (χ2v) is 5.51. The van der Waals surface area contributed by atoms with Crippen molar-refractivity contribution in [1.82, 2.24) is 5.32 Å². The van der Waals surface area contributed by atoms with Crippen LogP contribution in [0.25, 0.3) is 0 Å². The van der Waals surface area contributed by atoms with E-state index in [0.717, 1.165) is 10.0 Å². The molecule has 0 fully saturated rings. The molecule has 0 amide bonds. The number of hydrogen-bond donors (Lipinski definition) is 1.